The molecule has 12 heavy (non-hydrogen) atoms. The normalized spacial score (nSPS) is 21.1. The molecule has 1 unspecified atom stereocenters. The van der Waals surface area contributed by atoms with E-state index in [1.54, 1.807) is 0 Å². The maximum absolute atomic E-state index is 13.0. The largest absolute Gasteiger partial charge is 0.242 e. The van der Waals surface area contributed by atoms with Gasteiger partial charge in [0.05, 0.1) is 0 Å². The molecule has 0 nitrogen and oxygen atoms in total. The summed E-state index contributed by atoms with van der Waals surface area (Å²) >= 11 is 0. The number of fused-ring (bicyclic) bond motifs is 1. The molecule has 1 aliphatic rings. The first-order valence-electron chi connectivity index (χ1n) is 3.81. The zero-order chi connectivity index (χ0) is 8.72. The molecule has 1 aromatic rings. The van der Waals surface area contributed by atoms with Gasteiger partial charge in [0.15, 0.2) is 11.6 Å². The molecule has 3 heteroatoms. The van der Waals surface area contributed by atoms with Crippen LogP contribution in [0.2, 0.25) is 0 Å². The summed E-state index contributed by atoms with van der Waals surface area (Å²) in [6.45, 7) is 0. The lowest BCUT2D eigenvalue weighted by Gasteiger charge is -2.03. The Morgan fingerprint density at radius 2 is 2.00 bits per heavy atom. The highest BCUT2D eigenvalue weighted by Gasteiger charge is 2.27. The molecule has 0 aromatic heterocycles. The number of alkyl halides is 1. The Morgan fingerprint density at radius 3 is 2.75 bits per heavy atom. The predicted octanol–water partition coefficient (Wildman–Crippen LogP) is 2.92. The maximum Gasteiger partial charge on any atom is 0.165 e. The Bertz CT molecular complexity index is 320. The van der Waals surface area contributed by atoms with Gasteiger partial charge in [-0.25, -0.2) is 13.2 Å². The molecule has 1 aliphatic carbocycles. The SMILES string of the molecule is Fc1ccc2c(c1F)C(F)CC2. The van der Waals surface area contributed by atoms with Crippen LogP contribution in [0.1, 0.15) is 23.7 Å². The average molecular weight is 172 g/mol. The van der Waals surface area contributed by atoms with Crippen LogP contribution in [0.3, 0.4) is 0 Å². The summed E-state index contributed by atoms with van der Waals surface area (Å²) in [5, 5.41) is 0. The van der Waals surface area contributed by atoms with E-state index >= 15 is 0 Å². The Balaban J connectivity index is 2.63. The molecule has 0 fully saturated rings. The average Bonchev–Trinajstić information content (AvgIpc) is 2.41. The van der Waals surface area contributed by atoms with Crippen LogP contribution in [-0.4, -0.2) is 0 Å². The van der Waals surface area contributed by atoms with E-state index in [0.29, 0.717) is 12.0 Å². The molecule has 0 saturated heterocycles. The molecular weight excluding hydrogens is 165 g/mol. The lowest BCUT2D eigenvalue weighted by molar-refractivity contribution is 0.330. The van der Waals surface area contributed by atoms with E-state index in [2.05, 4.69) is 0 Å². The summed E-state index contributed by atoms with van der Waals surface area (Å²) in [6.07, 6.45) is -0.542. The second-order valence-corrected chi connectivity index (χ2v) is 2.94. The van der Waals surface area contributed by atoms with Crippen molar-refractivity contribution < 1.29 is 13.2 Å². The molecular formula is C9H7F3. The fourth-order valence-electron chi connectivity index (χ4n) is 1.59. The van der Waals surface area contributed by atoms with Crippen molar-refractivity contribution in [1.29, 1.82) is 0 Å². The number of aryl methyl sites for hydroxylation is 1. The van der Waals surface area contributed by atoms with Crippen molar-refractivity contribution in [3.63, 3.8) is 0 Å². The van der Waals surface area contributed by atoms with Crippen LogP contribution in [0.15, 0.2) is 12.1 Å². The van der Waals surface area contributed by atoms with E-state index in [0.717, 1.165) is 6.07 Å². The molecule has 0 aliphatic heterocycles. The van der Waals surface area contributed by atoms with Gasteiger partial charge in [0.2, 0.25) is 0 Å². The van der Waals surface area contributed by atoms with Crippen molar-refractivity contribution in [3.05, 3.63) is 34.9 Å². The van der Waals surface area contributed by atoms with Crippen LogP contribution in [0.4, 0.5) is 13.2 Å². The summed E-state index contributed by atoms with van der Waals surface area (Å²) in [5.41, 5.74) is 0.524. The minimum absolute atomic E-state index is 0.0741. The van der Waals surface area contributed by atoms with Crippen LogP contribution in [0.25, 0.3) is 0 Å². The van der Waals surface area contributed by atoms with E-state index in [1.807, 2.05) is 0 Å². The van der Waals surface area contributed by atoms with Crippen LogP contribution in [-0.2, 0) is 6.42 Å². The van der Waals surface area contributed by atoms with E-state index in [4.69, 9.17) is 0 Å². The summed E-state index contributed by atoms with van der Waals surface area (Å²) in [4.78, 5) is 0. The predicted molar refractivity (Wildman–Crippen MR) is 38.5 cm³/mol. The van der Waals surface area contributed by atoms with Crippen LogP contribution < -0.4 is 0 Å². The molecule has 64 valence electrons. The van der Waals surface area contributed by atoms with Gasteiger partial charge in [-0.05, 0) is 24.5 Å². The van der Waals surface area contributed by atoms with E-state index in [1.165, 1.54) is 6.07 Å². The van der Waals surface area contributed by atoms with E-state index in [9.17, 15) is 13.2 Å². The highest BCUT2D eigenvalue weighted by atomic mass is 19.2. The molecule has 0 N–H and O–H groups in total. The molecule has 0 radical (unpaired) electrons. The molecule has 0 spiro atoms. The molecule has 0 amide bonds. The quantitative estimate of drug-likeness (QED) is 0.564. The van der Waals surface area contributed by atoms with Crippen molar-refractivity contribution in [2.75, 3.05) is 0 Å². The Labute approximate surface area is 68.0 Å². The first-order valence-corrected chi connectivity index (χ1v) is 3.81. The Morgan fingerprint density at radius 1 is 1.25 bits per heavy atom. The minimum Gasteiger partial charge on any atom is -0.242 e. The highest BCUT2D eigenvalue weighted by molar-refractivity contribution is 5.35. The molecule has 2 rings (SSSR count). The molecule has 0 bridgehead atoms. The Hall–Kier alpha value is -0.990. The number of benzene rings is 1. The topological polar surface area (TPSA) is 0 Å². The van der Waals surface area contributed by atoms with Gasteiger partial charge in [-0.1, -0.05) is 6.07 Å². The highest BCUT2D eigenvalue weighted by Crippen LogP contribution is 2.36. The van der Waals surface area contributed by atoms with Gasteiger partial charge in [0.25, 0.3) is 0 Å². The van der Waals surface area contributed by atoms with Crippen molar-refractivity contribution >= 4 is 0 Å². The van der Waals surface area contributed by atoms with Gasteiger partial charge < -0.3 is 0 Å². The zero-order valence-corrected chi connectivity index (χ0v) is 6.28. The van der Waals surface area contributed by atoms with Crippen molar-refractivity contribution in [3.8, 4) is 0 Å². The summed E-state index contributed by atoms with van der Waals surface area (Å²) in [5.74, 6) is -1.98. The first kappa shape index (κ1) is 7.65. The summed E-state index contributed by atoms with van der Waals surface area (Å²) in [6, 6.07) is 2.50. The molecule has 0 saturated carbocycles. The van der Waals surface area contributed by atoms with Crippen molar-refractivity contribution in [1.82, 2.24) is 0 Å². The van der Waals surface area contributed by atoms with Crippen LogP contribution >= 0.6 is 0 Å². The summed E-state index contributed by atoms with van der Waals surface area (Å²) in [7, 11) is 0. The third-order valence-corrected chi connectivity index (χ3v) is 2.20. The second-order valence-electron chi connectivity index (χ2n) is 2.94. The Kier molecular flexibility index (Phi) is 1.60. The fourth-order valence-corrected chi connectivity index (χ4v) is 1.59. The minimum atomic E-state index is -1.32. The smallest absolute Gasteiger partial charge is 0.165 e. The first-order chi connectivity index (χ1) is 5.70. The van der Waals surface area contributed by atoms with Gasteiger partial charge in [0, 0.05) is 5.56 Å². The molecule has 1 atom stereocenters. The van der Waals surface area contributed by atoms with Gasteiger partial charge in [-0.15, -0.1) is 0 Å². The fraction of sp³-hybridized carbons (Fsp3) is 0.333. The number of hydrogen-bond donors (Lipinski definition) is 0. The molecule has 0 heterocycles. The number of halogens is 3. The van der Waals surface area contributed by atoms with Crippen molar-refractivity contribution in [2.45, 2.75) is 19.0 Å². The summed E-state index contributed by atoms with van der Waals surface area (Å²) < 4.78 is 38.5. The van der Waals surface area contributed by atoms with E-state index < -0.39 is 17.8 Å². The van der Waals surface area contributed by atoms with Gasteiger partial charge >= 0.3 is 0 Å². The third kappa shape index (κ3) is 0.924. The maximum atomic E-state index is 13.0. The van der Waals surface area contributed by atoms with Gasteiger partial charge in [0.1, 0.15) is 6.17 Å². The van der Waals surface area contributed by atoms with Gasteiger partial charge in [-0.2, -0.15) is 0 Å². The monoisotopic (exact) mass is 172 g/mol. The van der Waals surface area contributed by atoms with Crippen molar-refractivity contribution in [2.24, 2.45) is 0 Å². The van der Waals surface area contributed by atoms with Crippen LogP contribution in [0, 0.1) is 11.6 Å². The second kappa shape index (κ2) is 2.51. The van der Waals surface area contributed by atoms with E-state index in [-0.39, 0.29) is 12.0 Å². The number of rotatable bonds is 0. The lowest BCUT2D eigenvalue weighted by Crippen LogP contribution is -1.94. The molecule has 1 aromatic carbocycles. The third-order valence-electron chi connectivity index (χ3n) is 2.20. The lowest BCUT2D eigenvalue weighted by atomic mass is 10.1. The van der Waals surface area contributed by atoms with Crippen LogP contribution in [0.5, 0.6) is 0 Å². The standard InChI is InChI=1S/C9H7F3/c10-6-3-1-5-2-4-7(11)9(12)8(5)6/h2,4,6H,1,3H2. The zero-order valence-electron chi connectivity index (χ0n) is 6.28. The number of hydrogen-bond acceptors (Lipinski definition) is 0. The van der Waals surface area contributed by atoms with Gasteiger partial charge in [-0.3, -0.25) is 0 Å².